The Morgan fingerprint density at radius 3 is 2.60 bits per heavy atom. The SMILES string of the molecule is C[C@H]1CN(C)CC[C@H]1CCc1ccc(NC(=O)c2ccncc2)cc1. The van der Waals surface area contributed by atoms with Crippen molar-refractivity contribution < 1.29 is 4.79 Å². The van der Waals surface area contributed by atoms with Crippen LogP contribution in [0.2, 0.25) is 0 Å². The lowest BCUT2D eigenvalue weighted by atomic mass is 9.83. The molecule has 4 heteroatoms. The highest BCUT2D eigenvalue weighted by molar-refractivity contribution is 6.04. The highest BCUT2D eigenvalue weighted by atomic mass is 16.1. The lowest BCUT2D eigenvalue weighted by Gasteiger charge is -2.34. The molecule has 1 aliphatic rings. The molecule has 1 fully saturated rings. The molecule has 132 valence electrons. The van der Waals surface area contributed by atoms with E-state index in [1.807, 2.05) is 12.1 Å². The summed E-state index contributed by atoms with van der Waals surface area (Å²) in [6, 6.07) is 11.7. The van der Waals surface area contributed by atoms with Gasteiger partial charge in [-0.1, -0.05) is 19.1 Å². The molecule has 1 aromatic heterocycles. The van der Waals surface area contributed by atoms with E-state index in [9.17, 15) is 4.79 Å². The zero-order chi connectivity index (χ0) is 17.6. The quantitative estimate of drug-likeness (QED) is 0.901. The maximum Gasteiger partial charge on any atom is 0.255 e. The highest BCUT2D eigenvalue weighted by Gasteiger charge is 2.23. The van der Waals surface area contributed by atoms with Crippen LogP contribution >= 0.6 is 0 Å². The third-order valence-electron chi connectivity index (χ3n) is 5.24. The second-order valence-corrected chi connectivity index (χ2v) is 7.21. The van der Waals surface area contributed by atoms with E-state index in [2.05, 4.69) is 41.3 Å². The minimum Gasteiger partial charge on any atom is -0.322 e. The van der Waals surface area contributed by atoms with E-state index < -0.39 is 0 Å². The third-order valence-corrected chi connectivity index (χ3v) is 5.24. The minimum atomic E-state index is -0.102. The van der Waals surface area contributed by atoms with E-state index in [4.69, 9.17) is 0 Å². The Balaban J connectivity index is 1.51. The summed E-state index contributed by atoms with van der Waals surface area (Å²) in [7, 11) is 2.21. The van der Waals surface area contributed by atoms with Gasteiger partial charge in [0.2, 0.25) is 0 Å². The molecule has 0 unspecified atom stereocenters. The Labute approximate surface area is 150 Å². The normalized spacial score (nSPS) is 21.0. The van der Waals surface area contributed by atoms with Gasteiger partial charge in [0, 0.05) is 30.2 Å². The summed E-state index contributed by atoms with van der Waals surface area (Å²) in [4.78, 5) is 18.5. The van der Waals surface area contributed by atoms with Gasteiger partial charge in [-0.2, -0.15) is 0 Å². The van der Waals surface area contributed by atoms with Gasteiger partial charge in [-0.25, -0.2) is 0 Å². The predicted octanol–water partition coefficient (Wildman–Crippen LogP) is 3.85. The molecule has 2 atom stereocenters. The number of anilines is 1. The number of carbonyl (C=O) groups excluding carboxylic acids is 1. The Hall–Kier alpha value is -2.20. The zero-order valence-corrected chi connectivity index (χ0v) is 15.1. The van der Waals surface area contributed by atoms with E-state index in [1.165, 1.54) is 31.5 Å². The third kappa shape index (κ3) is 4.89. The highest BCUT2D eigenvalue weighted by Crippen LogP contribution is 2.27. The van der Waals surface area contributed by atoms with Crippen molar-refractivity contribution in [2.75, 3.05) is 25.5 Å². The molecule has 1 N–H and O–H groups in total. The fourth-order valence-electron chi connectivity index (χ4n) is 3.64. The van der Waals surface area contributed by atoms with E-state index in [0.29, 0.717) is 5.56 Å². The number of hydrogen-bond acceptors (Lipinski definition) is 3. The number of piperidine rings is 1. The van der Waals surface area contributed by atoms with Gasteiger partial charge in [0.05, 0.1) is 0 Å². The van der Waals surface area contributed by atoms with Crippen LogP contribution in [0.5, 0.6) is 0 Å². The molecular weight excluding hydrogens is 310 g/mol. The second-order valence-electron chi connectivity index (χ2n) is 7.21. The molecule has 1 aliphatic heterocycles. The first-order valence-corrected chi connectivity index (χ1v) is 9.10. The number of aryl methyl sites for hydroxylation is 1. The van der Waals surface area contributed by atoms with Crippen molar-refractivity contribution in [2.45, 2.75) is 26.2 Å². The van der Waals surface area contributed by atoms with Gasteiger partial charge in [0.25, 0.3) is 5.91 Å². The molecule has 3 rings (SSSR count). The molecule has 1 saturated heterocycles. The first-order valence-electron chi connectivity index (χ1n) is 9.10. The average molecular weight is 337 g/mol. The summed E-state index contributed by atoms with van der Waals surface area (Å²) in [6.07, 6.45) is 6.91. The Morgan fingerprint density at radius 2 is 1.92 bits per heavy atom. The number of carbonyl (C=O) groups is 1. The first kappa shape index (κ1) is 17.6. The van der Waals surface area contributed by atoms with Crippen LogP contribution in [-0.2, 0) is 6.42 Å². The fourth-order valence-corrected chi connectivity index (χ4v) is 3.64. The largest absolute Gasteiger partial charge is 0.322 e. The standard InChI is InChI=1S/C21H27N3O/c1-16-15-24(2)14-11-18(16)6-3-17-4-7-20(8-5-17)23-21(25)19-9-12-22-13-10-19/h4-5,7-10,12-13,16,18H,3,6,11,14-15H2,1-2H3,(H,23,25)/t16-,18+/m0/s1. The van der Waals surface area contributed by atoms with Crippen molar-refractivity contribution in [1.82, 2.24) is 9.88 Å². The predicted molar refractivity (Wildman–Crippen MR) is 102 cm³/mol. The second kappa shape index (κ2) is 8.26. The lowest BCUT2D eigenvalue weighted by Crippen LogP contribution is -2.36. The van der Waals surface area contributed by atoms with Crippen LogP contribution < -0.4 is 5.32 Å². The number of amides is 1. The molecule has 2 aromatic rings. The van der Waals surface area contributed by atoms with Gasteiger partial charge in [-0.3, -0.25) is 9.78 Å². The monoisotopic (exact) mass is 337 g/mol. The van der Waals surface area contributed by atoms with Crippen molar-refractivity contribution in [3.8, 4) is 0 Å². The Morgan fingerprint density at radius 1 is 1.20 bits per heavy atom. The summed E-state index contributed by atoms with van der Waals surface area (Å²) in [5.74, 6) is 1.50. The summed E-state index contributed by atoms with van der Waals surface area (Å²) in [5.41, 5.74) is 2.79. The number of aromatic nitrogens is 1. The maximum atomic E-state index is 12.2. The minimum absolute atomic E-state index is 0.102. The molecular formula is C21H27N3O. The Kier molecular flexibility index (Phi) is 5.82. The van der Waals surface area contributed by atoms with Crippen LogP contribution in [0.25, 0.3) is 0 Å². The first-order chi connectivity index (χ1) is 12.1. The van der Waals surface area contributed by atoms with Gasteiger partial charge in [-0.15, -0.1) is 0 Å². The molecule has 0 saturated carbocycles. The number of rotatable bonds is 5. The van der Waals surface area contributed by atoms with Gasteiger partial charge in [0.15, 0.2) is 0 Å². The van der Waals surface area contributed by atoms with Crippen molar-refractivity contribution >= 4 is 11.6 Å². The van der Waals surface area contributed by atoms with Gasteiger partial charge in [-0.05, 0) is 74.5 Å². The van der Waals surface area contributed by atoms with Crippen LogP contribution in [-0.4, -0.2) is 35.9 Å². The molecule has 4 nitrogen and oxygen atoms in total. The number of pyridine rings is 1. The zero-order valence-electron chi connectivity index (χ0n) is 15.1. The van der Waals surface area contributed by atoms with E-state index >= 15 is 0 Å². The van der Waals surface area contributed by atoms with Crippen LogP contribution in [0.3, 0.4) is 0 Å². The van der Waals surface area contributed by atoms with Crippen molar-refractivity contribution in [2.24, 2.45) is 11.8 Å². The van der Waals surface area contributed by atoms with Crippen molar-refractivity contribution in [1.29, 1.82) is 0 Å². The van der Waals surface area contributed by atoms with E-state index in [-0.39, 0.29) is 5.91 Å². The van der Waals surface area contributed by atoms with Gasteiger partial charge in [0.1, 0.15) is 0 Å². The number of likely N-dealkylation sites (tertiary alicyclic amines) is 1. The van der Waals surface area contributed by atoms with Crippen molar-refractivity contribution in [3.63, 3.8) is 0 Å². The molecule has 0 aliphatic carbocycles. The summed E-state index contributed by atoms with van der Waals surface area (Å²) in [6.45, 7) is 4.80. The van der Waals surface area contributed by atoms with Crippen LogP contribution in [0.15, 0.2) is 48.8 Å². The van der Waals surface area contributed by atoms with Crippen LogP contribution in [0, 0.1) is 11.8 Å². The van der Waals surface area contributed by atoms with Gasteiger partial charge < -0.3 is 10.2 Å². The molecule has 0 radical (unpaired) electrons. The topological polar surface area (TPSA) is 45.2 Å². The summed E-state index contributed by atoms with van der Waals surface area (Å²) < 4.78 is 0. The molecule has 1 amide bonds. The van der Waals surface area contributed by atoms with Crippen LogP contribution in [0.1, 0.15) is 35.7 Å². The average Bonchev–Trinajstić information content (AvgIpc) is 2.63. The van der Waals surface area contributed by atoms with E-state index in [1.54, 1.807) is 24.5 Å². The summed E-state index contributed by atoms with van der Waals surface area (Å²) >= 11 is 0. The molecule has 25 heavy (non-hydrogen) atoms. The molecule has 1 aromatic carbocycles. The lowest BCUT2D eigenvalue weighted by molar-refractivity contribution is 0.102. The molecule has 2 heterocycles. The fraction of sp³-hybridized carbons (Fsp3) is 0.429. The number of hydrogen-bond donors (Lipinski definition) is 1. The molecule has 0 bridgehead atoms. The van der Waals surface area contributed by atoms with E-state index in [0.717, 1.165) is 23.9 Å². The maximum absolute atomic E-state index is 12.2. The van der Waals surface area contributed by atoms with Gasteiger partial charge >= 0.3 is 0 Å². The molecule has 0 spiro atoms. The summed E-state index contributed by atoms with van der Waals surface area (Å²) in [5, 5.41) is 2.93. The van der Waals surface area contributed by atoms with Crippen molar-refractivity contribution in [3.05, 3.63) is 59.9 Å². The Bertz CT molecular complexity index is 684. The smallest absolute Gasteiger partial charge is 0.255 e. The number of benzene rings is 1. The number of nitrogens with zero attached hydrogens (tertiary/aromatic N) is 2. The van der Waals surface area contributed by atoms with Crippen LogP contribution in [0.4, 0.5) is 5.69 Å². The number of nitrogens with one attached hydrogen (secondary N) is 1.